The van der Waals surface area contributed by atoms with Gasteiger partial charge in [0.25, 0.3) is 5.91 Å². The SMILES string of the molecule is CC(C)(C)c1ccc(OCC(=O)OCC(=O)Nc2ccccc2F)cc1. The van der Waals surface area contributed by atoms with E-state index in [0.29, 0.717) is 5.75 Å². The van der Waals surface area contributed by atoms with Gasteiger partial charge in [0.2, 0.25) is 0 Å². The fourth-order valence-corrected chi connectivity index (χ4v) is 2.13. The van der Waals surface area contributed by atoms with Gasteiger partial charge in [0.15, 0.2) is 13.2 Å². The Morgan fingerprint density at radius 3 is 2.27 bits per heavy atom. The molecule has 2 rings (SSSR count). The van der Waals surface area contributed by atoms with Gasteiger partial charge >= 0.3 is 5.97 Å². The minimum absolute atomic E-state index is 0.0308. The Hall–Kier alpha value is -2.89. The van der Waals surface area contributed by atoms with Crippen LogP contribution in [0.25, 0.3) is 0 Å². The highest BCUT2D eigenvalue weighted by atomic mass is 19.1. The van der Waals surface area contributed by atoms with E-state index in [4.69, 9.17) is 9.47 Å². The van der Waals surface area contributed by atoms with E-state index in [1.807, 2.05) is 12.1 Å². The first-order valence-corrected chi connectivity index (χ1v) is 8.19. The summed E-state index contributed by atoms with van der Waals surface area (Å²) in [6.07, 6.45) is 0. The molecular weight excluding hydrogens is 337 g/mol. The van der Waals surface area contributed by atoms with Gasteiger partial charge < -0.3 is 14.8 Å². The van der Waals surface area contributed by atoms with E-state index in [1.54, 1.807) is 18.2 Å². The number of halogens is 1. The molecule has 2 aromatic carbocycles. The van der Waals surface area contributed by atoms with E-state index < -0.39 is 24.3 Å². The molecule has 0 saturated heterocycles. The summed E-state index contributed by atoms with van der Waals surface area (Å²) >= 11 is 0. The summed E-state index contributed by atoms with van der Waals surface area (Å²) in [6.45, 7) is 5.48. The molecule has 0 aliphatic rings. The second kappa shape index (κ2) is 8.47. The molecule has 1 N–H and O–H groups in total. The van der Waals surface area contributed by atoms with Crippen LogP contribution in [0.2, 0.25) is 0 Å². The van der Waals surface area contributed by atoms with Crippen molar-refractivity contribution < 1.29 is 23.5 Å². The summed E-state index contributed by atoms with van der Waals surface area (Å²) in [5.74, 6) is -1.34. The van der Waals surface area contributed by atoms with Crippen molar-refractivity contribution in [2.24, 2.45) is 0 Å². The molecular formula is C20H22FNO4. The van der Waals surface area contributed by atoms with Crippen molar-refractivity contribution in [1.29, 1.82) is 0 Å². The topological polar surface area (TPSA) is 64.6 Å². The van der Waals surface area contributed by atoms with Crippen molar-refractivity contribution in [3.8, 4) is 5.75 Å². The zero-order chi connectivity index (χ0) is 19.2. The molecule has 0 spiro atoms. The number of anilines is 1. The molecule has 0 aromatic heterocycles. The molecule has 0 atom stereocenters. The number of benzene rings is 2. The van der Waals surface area contributed by atoms with Crippen LogP contribution in [0.1, 0.15) is 26.3 Å². The molecule has 138 valence electrons. The average molecular weight is 359 g/mol. The van der Waals surface area contributed by atoms with Crippen molar-refractivity contribution in [3.63, 3.8) is 0 Å². The lowest BCUT2D eigenvalue weighted by atomic mass is 9.87. The van der Waals surface area contributed by atoms with Crippen LogP contribution in [0.4, 0.5) is 10.1 Å². The summed E-state index contributed by atoms with van der Waals surface area (Å²) in [5, 5.41) is 2.33. The molecule has 5 nitrogen and oxygen atoms in total. The predicted octanol–water partition coefficient (Wildman–Crippen LogP) is 3.68. The van der Waals surface area contributed by atoms with Crippen LogP contribution < -0.4 is 10.1 Å². The Labute approximate surface area is 152 Å². The minimum Gasteiger partial charge on any atom is -0.482 e. The highest BCUT2D eigenvalue weighted by molar-refractivity contribution is 5.92. The van der Waals surface area contributed by atoms with E-state index in [2.05, 4.69) is 26.1 Å². The van der Waals surface area contributed by atoms with Gasteiger partial charge in [-0.2, -0.15) is 0 Å². The average Bonchev–Trinajstić information content (AvgIpc) is 2.60. The molecule has 0 aliphatic carbocycles. The number of para-hydroxylation sites is 1. The summed E-state index contributed by atoms with van der Waals surface area (Å²) in [5.41, 5.74) is 1.21. The van der Waals surface area contributed by atoms with E-state index in [9.17, 15) is 14.0 Å². The zero-order valence-corrected chi connectivity index (χ0v) is 15.0. The maximum Gasteiger partial charge on any atom is 0.344 e. The number of rotatable bonds is 6. The quantitative estimate of drug-likeness (QED) is 0.799. The standard InChI is InChI=1S/C20H22FNO4/c1-20(2,3)14-8-10-15(11-9-14)25-13-19(24)26-12-18(23)22-17-7-5-4-6-16(17)21/h4-11H,12-13H2,1-3H3,(H,22,23). The third-order valence-corrected chi connectivity index (χ3v) is 3.59. The molecule has 0 heterocycles. The molecule has 0 saturated carbocycles. The molecule has 1 amide bonds. The number of carbonyl (C=O) groups is 2. The zero-order valence-electron chi connectivity index (χ0n) is 15.0. The largest absolute Gasteiger partial charge is 0.482 e. The lowest BCUT2D eigenvalue weighted by Gasteiger charge is -2.19. The van der Waals surface area contributed by atoms with Gasteiger partial charge in [-0.3, -0.25) is 4.79 Å². The van der Waals surface area contributed by atoms with Crippen molar-refractivity contribution in [3.05, 3.63) is 59.9 Å². The maximum atomic E-state index is 13.4. The van der Waals surface area contributed by atoms with Gasteiger partial charge in [-0.15, -0.1) is 0 Å². The van der Waals surface area contributed by atoms with E-state index in [-0.39, 0.29) is 17.7 Å². The number of ether oxygens (including phenoxy) is 2. The van der Waals surface area contributed by atoms with Crippen LogP contribution in [0.5, 0.6) is 5.75 Å². The molecule has 2 aromatic rings. The maximum absolute atomic E-state index is 13.4. The molecule has 0 unspecified atom stereocenters. The Kier molecular flexibility index (Phi) is 6.33. The van der Waals surface area contributed by atoms with Crippen molar-refractivity contribution in [2.75, 3.05) is 18.5 Å². The normalized spacial score (nSPS) is 10.9. The summed E-state index contributed by atoms with van der Waals surface area (Å²) < 4.78 is 23.6. The van der Waals surface area contributed by atoms with Gasteiger partial charge in [-0.25, -0.2) is 9.18 Å². The molecule has 0 fully saturated rings. The number of amides is 1. The first kappa shape index (κ1) is 19.4. The lowest BCUT2D eigenvalue weighted by molar-refractivity contribution is -0.149. The molecule has 26 heavy (non-hydrogen) atoms. The fourth-order valence-electron chi connectivity index (χ4n) is 2.13. The minimum atomic E-state index is -0.686. The van der Waals surface area contributed by atoms with Crippen molar-refractivity contribution >= 4 is 17.6 Å². The van der Waals surface area contributed by atoms with Gasteiger partial charge in [0.05, 0.1) is 5.69 Å². The number of carbonyl (C=O) groups excluding carboxylic acids is 2. The Bertz CT molecular complexity index is 766. The first-order valence-electron chi connectivity index (χ1n) is 8.19. The first-order chi connectivity index (χ1) is 12.3. The second-order valence-electron chi connectivity index (χ2n) is 6.75. The van der Waals surface area contributed by atoms with Crippen LogP contribution in [-0.4, -0.2) is 25.1 Å². The van der Waals surface area contributed by atoms with Gasteiger partial charge in [-0.05, 0) is 35.2 Å². The van der Waals surface area contributed by atoms with Gasteiger partial charge in [0, 0.05) is 0 Å². The third kappa shape index (κ3) is 5.88. The Morgan fingerprint density at radius 1 is 1.00 bits per heavy atom. The molecule has 6 heteroatoms. The van der Waals surface area contributed by atoms with Gasteiger partial charge in [0.1, 0.15) is 11.6 Å². The lowest BCUT2D eigenvalue weighted by Crippen LogP contribution is -2.24. The fraction of sp³-hybridized carbons (Fsp3) is 0.300. The van der Waals surface area contributed by atoms with Gasteiger partial charge in [-0.1, -0.05) is 45.0 Å². The highest BCUT2D eigenvalue weighted by Gasteiger charge is 2.14. The number of hydrogen-bond donors (Lipinski definition) is 1. The summed E-state index contributed by atoms with van der Waals surface area (Å²) in [7, 11) is 0. The van der Waals surface area contributed by atoms with Crippen molar-refractivity contribution in [1.82, 2.24) is 0 Å². The third-order valence-electron chi connectivity index (χ3n) is 3.59. The Balaban J connectivity index is 1.75. The van der Waals surface area contributed by atoms with Crippen molar-refractivity contribution in [2.45, 2.75) is 26.2 Å². The van der Waals surface area contributed by atoms with Crippen LogP contribution in [0.15, 0.2) is 48.5 Å². The van der Waals surface area contributed by atoms with E-state index in [1.165, 1.54) is 18.2 Å². The van der Waals surface area contributed by atoms with Crippen LogP contribution in [0, 0.1) is 5.82 Å². The molecule has 0 bridgehead atoms. The van der Waals surface area contributed by atoms with Crippen LogP contribution in [0.3, 0.4) is 0 Å². The van der Waals surface area contributed by atoms with Crippen LogP contribution in [-0.2, 0) is 19.7 Å². The number of hydrogen-bond acceptors (Lipinski definition) is 4. The number of nitrogens with one attached hydrogen (secondary N) is 1. The molecule has 0 radical (unpaired) electrons. The second-order valence-corrected chi connectivity index (χ2v) is 6.75. The predicted molar refractivity (Wildman–Crippen MR) is 96.6 cm³/mol. The number of esters is 1. The molecule has 0 aliphatic heterocycles. The van der Waals surface area contributed by atoms with Crippen LogP contribution >= 0.6 is 0 Å². The monoisotopic (exact) mass is 359 g/mol. The Morgan fingerprint density at radius 2 is 1.65 bits per heavy atom. The van der Waals surface area contributed by atoms with E-state index >= 15 is 0 Å². The smallest absolute Gasteiger partial charge is 0.344 e. The highest BCUT2D eigenvalue weighted by Crippen LogP contribution is 2.24. The summed E-state index contributed by atoms with van der Waals surface area (Å²) in [6, 6.07) is 13.2. The summed E-state index contributed by atoms with van der Waals surface area (Å²) in [4.78, 5) is 23.3. The van der Waals surface area contributed by atoms with E-state index in [0.717, 1.165) is 5.56 Å².